The highest BCUT2D eigenvalue weighted by Gasteiger charge is 2.15. The van der Waals surface area contributed by atoms with E-state index in [1.54, 1.807) is 23.0 Å². The van der Waals surface area contributed by atoms with E-state index in [1.807, 2.05) is 12.1 Å². The molecule has 0 radical (unpaired) electrons. The summed E-state index contributed by atoms with van der Waals surface area (Å²) in [7, 11) is 0. The molecule has 3 aromatic heterocycles. The number of hydrogen-bond acceptors (Lipinski definition) is 7. The molecular weight excluding hydrogens is 437 g/mol. The van der Waals surface area contributed by atoms with Crippen LogP contribution < -0.4 is 5.32 Å². The van der Waals surface area contributed by atoms with Gasteiger partial charge in [-0.2, -0.15) is 5.10 Å². The van der Waals surface area contributed by atoms with Gasteiger partial charge in [0.05, 0.1) is 27.9 Å². The number of hydrogen-bond donors (Lipinski definition) is 1. The average molecular weight is 456 g/mol. The fourth-order valence-electron chi connectivity index (χ4n) is 2.94. The van der Waals surface area contributed by atoms with Crippen LogP contribution in [0.25, 0.3) is 16.7 Å². The first-order chi connectivity index (χ1) is 15.0. The third-order valence-electron chi connectivity index (χ3n) is 4.42. The monoisotopic (exact) mass is 455 g/mol. The van der Waals surface area contributed by atoms with Gasteiger partial charge >= 0.3 is 0 Å². The Morgan fingerprint density at radius 2 is 1.97 bits per heavy atom. The maximum Gasteiger partial charge on any atom is 0.216 e. The van der Waals surface area contributed by atoms with Gasteiger partial charge in [0.25, 0.3) is 0 Å². The Morgan fingerprint density at radius 3 is 2.74 bits per heavy atom. The first-order valence-electron chi connectivity index (χ1n) is 9.45. The molecule has 0 saturated carbocycles. The molecule has 0 aliphatic heterocycles. The minimum absolute atomic E-state index is 0.0125. The summed E-state index contributed by atoms with van der Waals surface area (Å²) in [6.45, 7) is 2.03. The lowest BCUT2D eigenvalue weighted by Gasteiger charge is -2.04. The van der Waals surface area contributed by atoms with Crippen molar-refractivity contribution in [3.8, 4) is 5.69 Å². The molecule has 0 aliphatic carbocycles. The number of nitrogens with one attached hydrogen (secondary N) is 1. The van der Waals surface area contributed by atoms with E-state index in [9.17, 15) is 14.0 Å². The summed E-state index contributed by atoms with van der Waals surface area (Å²) < 4.78 is 14.8. The summed E-state index contributed by atoms with van der Waals surface area (Å²) in [5.41, 5.74) is 1.28. The van der Waals surface area contributed by atoms with E-state index in [-0.39, 0.29) is 23.3 Å². The number of carbonyl (C=O) groups is 2. The zero-order chi connectivity index (χ0) is 21.8. The predicted octanol–water partition coefficient (Wildman–Crippen LogP) is 3.67. The van der Waals surface area contributed by atoms with Crippen molar-refractivity contribution < 1.29 is 14.0 Å². The lowest BCUT2D eigenvalue weighted by Crippen LogP contribution is -2.22. The Labute approximate surface area is 185 Å². The summed E-state index contributed by atoms with van der Waals surface area (Å²) >= 11 is 2.77. The molecule has 0 saturated heterocycles. The van der Waals surface area contributed by atoms with Crippen LogP contribution in [0.15, 0.2) is 53.9 Å². The molecule has 0 atom stereocenters. The molecule has 1 amide bonds. The van der Waals surface area contributed by atoms with Crippen LogP contribution in [0.4, 0.5) is 4.39 Å². The summed E-state index contributed by atoms with van der Waals surface area (Å²) in [4.78, 5) is 33.9. The smallest absolute Gasteiger partial charge is 0.216 e. The molecule has 10 heteroatoms. The molecule has 0 aliphatic rings. The second-order valence-electron chi connectivity index (χ2n) is 6.66. The number of benzene rings is 1. The zero-order valence-corrected chi connectivity index (χ0v) is 18.2. The number of thiophene rings is 1. The van der Waals surface area contributed by atoms with Crippen molar-refractivity contribution in [1.29, 1.82) is 0 Å². The summed E-state index contributed by atoms with van der Waals surface area (Å²) in [5, 5.41) is 8.49. The molecule has 31 heavy (non-hydrogen) atoms. The highest BCUT2D eigenvalue weighted by Crippen LogP contribution is 2.27. The van der Waals surface area contributed by atoms with E-state index >= 15 is 0 Å². The second-order valence-corrected chi connectivity index (χ2v) is 8.79. The molecule has 0 unspecified atom stereocenters. The Bertz CT molecular complexity index is 1240. The highest BCUT2D eigenvalue weighted by molar-refractivity contribution is 8.00. The van der Waals surface area contributed by atoms with Crippen LogP contribution in [-0.2, 0) is 11.2 Å². The SMILES string of the molecule is CC(=O)NCCc1ccc(C(=O)CSc2ncnc3c2cnn3-c2ccc(F)cc2)s1. The summed E-state index contributed by atoms with van der Waals surface area (Å²) in [6.07, 6.45) is 3.78. The maximum atomic E-state index is 13.2. The van der Waals surface area contributed by atoms with E-state index < -0.39 is 0 Å². The van der Waals surface area contributed by atoms with Gasteiger partial charge in [0.1, 0.15) is 17.2 Å². The number of fused-ring (bicyclic) bond motifs is 1. The van der Waals surface area contributed by atoms with Gasteiger partial charge in [0.2, 0.25) is 5.91 Å². The van der Waals surface area contributed by atoms with Gasteiger partial charge in [-0.15, -0.1) is 11.3 Å². The minimum atomic E-state index is -0.323. The number of rotatable bonds is 8. The first kappa shape index (κ1) is 21.1. The number of amides is 1. The Hall–Kier alpha value is -3.11. The van der Waals surface area contributed by atoms with Crippen LogP contribution in [0.1, 0.15) is 21.5 Å². The molecule has 0 bridgehead atoms. The van der Waals surface area contributed by atoms with Crippen LogP contribution in [-0.4, -0.2) is 43.7 Å². The number of aromatic nitrogens is 4. The molecule has 7 nitrogen and oxygen atoms in total. The lowest BCUT2D eigenvalue weighted by atomic mass is 10.3. The molecule has 1 N–H and O–H groups in total. The minimum Gasteiger partial charge on any atom is -0.356 e. The number of carbonyl (C=O) groups excluding carboxylic acids is 2. The number of halogens is 1. The Balaban J connectivity index is 1.44. The summed E-state index contributed by atoms with van der Waals surface area (Å²) in [6, 6.07) is 9.72. The Kier molecular flexibility index (Phi) is 6.38. The van der Waals surface area contributed by atoms with Crippen molar-refractivity contribution in [2.24, 2.45) is 0 Å². The van der Waals surface area contributed by atoms with E-state index in [0.29, 0.717) is 34.2 Å². The lowest BCUT2D eigenvalue weighted by molar-refractivity contribution is -0.118. The fourth-order valence-corrected chi connectivity index (χ4v) is 4.82. The predicted molar refractivity (Wildman–Crippen MR) is 118 cm³/mol. The third kappa shape index (κ3) is 4.97. The third-order valence-corrected chi connectivity index (χ3v) is 6.61. The molecule has 4 rings (SSSR count). The van der Waals surface area contributed by atoms with Gasteiger partial charge in [-0.3, -0.25) is 9.59 Å². The van der Waals surface area contributed by atoms with E-state index in [1.165, 1.54) is 48.5 Å². The highest BCUT2D eigenvalue weighted by atomic mass is 32.2. The van der Waals surface area contributed by atoms with Gasteiger partial charge < -0.3 is 5.32 Å². The standard InChI is InChI=1S/C21H18FN5O2S2/c1-13(28)23-9-8-16-6-7-19(31-16)18(29)11-30-21-17-10-26-27(20(17)24-12-25-21)15-4-2-14(22)3-5-15/h2-7,10,12H,8-9,11H2,1H3,(H,23,28). The van der Waals surface area contributed by atoms with Crippen molar-refractivity contribution in [3.05, 3.63) is 64.5 Å². The molecule has 158 valence electrons. The molecule has 4 aromatic rings. The van der Waals surface area contributed by atoms with Crippen molar-refractivity contribution in [3.63, 3.8) is 0 Å². The molecule has 3 heterocycles. The van der Waals surface area contributed by atoms with Crippen molar-refractivity contribution in [2.45, 2.75) is 18.4 Å². The first-order valence-corrected chi connectivity index (χ1v) is 11.3. The van der Waals surface area contributed by atoms with E-state index in [0.717, 1.165) is 10.3 Å². The molecule has 1 aromatic carbocycles. The largest absolute Gasteiger partial charge is 0.356 e. The van der Waals surface area contributed by atoms with E-state index in [2.05, 4.69) is 20.4 Å². The maximum absolute atomic E-state index is 13.2. The van der Waals surface area contributed by atoms with Gasteiger partial charge in [-0.1, -0.05) is 11.8 Å². The van der Waals surface area contributed by atoms with Crippen LogP contribution in [0.3, 0.4) is 0 Å². The van der Waals surface area contributed by atoms with Crippen LogP contribution in [0, 0.1) is 5.82 Å². The number of thioether (sulfide) groups is 1. The topological polar surface area (TPSA) is 89.8 Å². The molecule has 0 spiro atoms. The van der Waals surface area contributed by atoms with Gasteiger partial charge in [0.15, 0.2) is 11.4 Å². The van der Waals surface area contributed by atoms with Crippen molar-refractivity contribution >= 4 is 45.8 Å². The van der Waals surface area contributed by atoms with Crippen LogP contribution in [0.2, 0.25) is 0 Å². The van der Waals surface area contributed by atoms with Crippen LogP contribution >= 0.6 is 23.1 Å². The number of nitrogens with zero attached hydrogens (tertiary/aromatic N) is 4. The molecular formula is C21H18FN5O2S2. The van der Waals surface area contributed by atoms with Crippen molar-refractivity contribution in [1.82, 2.24) is 25.1 Å². The molecule has 0 fully saturated rings. The average Bonchev–Trinajstić information content (AvgIpc) is 3.40. The fraction of sp³-hybridized carbons (Fsp3) is 0.190. The quantitative estimate of drug-likeness (QED) is 0.248. The van der Waals surface area contributed by atoms with Gasteiger partial charge in [0, 0.05) is 18.3 Å². The summed E-state index contributed by atoms with van der Waals surface area (Å²) in [5.74, 6) is -0.141. The zero-order valence-electron chi connectivity index (χ0n) is 16.5. The number of ketones is 1. The Morgan fingerprint density at radius 1 is 1.16 bits per heavy atom. The van der Waals surface area contributed by atoms with Crippen LogP contribution in [0.5, 0.6) is 0 Å². The second kappa shape index (κ2) is 9.36. The van der Waals surface area contributed by atoms with Crippen molar-refractivity contribution in [2.75, 3.05) is 12.3 Å². The number of Topliss-reactive ketones (excluding diaryl/α,β-unsaturated/α-hetero) is 1. The normalized spacial score (nSPS) is 11.0. The van der Waals surface area contributed by atoms with Gasteiger partial charge in [-0.25, -0.2) is 19.0 Å². The van der Waals surface area contributed by atoms with E-state index in [4.69, 9.17) is 0 Å². The van der Waals surface area contributed by atoms with Gasteiger partial charge in [-0.05, 0) is 42.8 Å².